The van der Waals surface area contributed by atoms with Crippen molar-refractivity contribution in [3.8, 4) is 5.75 Å². The lowest BCUT2D eigenvalue weighted by atomic mass is 10.1. The van der Waals surface area contributed by atoms with Crippen molar-refractivity contribution in [2.24, 2.45) is 0 Å². The Labute approximate surface area is 112 Å². The summed E-state index contributed by atoms with van der Waals surface area (Å²) in [5.74, 6) is -0.0849. The van der Waals surface area contributed by atoms with E-state index in [1.165, 1.54) is 13.2 Å². The third kappa shape index (κ3) is 3.67. The maximum atomic E-state index is 13.2. The van der Waals surface area contributed by atoms with Crippen molar-refractivity contribution in [1.82, 2.24) is 10.6 Å². The monoisotopic (exact) mass is 266 g/mol. The number of methoxy groups -OCH3 is 1. The average Bonchev–Trinajstić information content (AvgIpc) is 2.94. The molecule has 1 saturated heterocycles. The maximum Gasteiger partial charge on any atom is 0.237 e. The second-order valence-electron chi connectivity index (χ2n) is 4.66. The summed E-state index contributed by atoms with van der Waals surface area (Å²) in [5.41, 5.74) is 0.943. The zero-order valence-electron chi connectivity index (χ0n) is 11.0. The normalized spacial score (nSPS) is 18.3. The highest BCUT2D eigenvalue weighted by molar-refractivity contribution is 5.81. The molecule has 1 aliphatic heterocycles. The van der Waals surface area contributed by atoms with Crippen LogP contribution in [0.5, 0.6) is 5.75 Å². The van der Waals surface area contributed by atoms with Crippen LogP contribution < -0.4 is 15.4 Å². The highest BCUT2D eigenvalue weighted by atomic mass is 19.1. The first kappa shape index (κ1) is 13.8. The van der Waals surface area contributed by atoms with Gasteiger partial charge in [0.2, 0.25) is 5.91 Å². The minimum absolute atomic E-state index is 0.0478. The van der Waals surface area contributed by atoms with Crippen LogP contribution in [0.25, 0.3) is 0 Å². The van der Waals surface area contributed by atoms with Gasteiger partial charge >= 0.3 is 0 Å². The molecule has 0 unspecified atom stereocenters. The number of hydrogen-bond donors (Lipinski definition) is 2. The highest BCUT2D eigenvalue weighted by Crippen LogP contribution is 2.18. The lowest BCUT2D eigenvalue weighted by molar-refractivity contribution is -0.122. The number of carbonyl (C=O) groups is 1. The van der Waals surface area contributed by atoms with Gasteiger partial charge in [-0.15, -0.1) is 0 Å². The van der Waals surface area contributed by atoms with E-state index in [9.17, 15) is 9.18 Å². The van der Waals surface area contributed by atoms with E-state index in [1.807, 2.05) is 0 Å². The van der Waals surface area contributed by atoms with Crippen molar-refractivity contribution in [1.29, 1.82) is 0 Å². The van der Waals surface area contributed by atoms with Crippen LogP contribution in [0.4, 0.5) is 4.39 Å². The summed E-state index contributed by atoms with van der Waals surface area (Å²) >= 11 is 0. The fourth-order valence-corrected chi connectivity index (χ4v) is 2.22. The number of hydrogen-bond acceptors (Lipinski definition) is 3. The number of amides is 1. The minimum Gasteiger partial charge on any atom is -0.494 e. The van der Waals surface area contributed by atoms with E-state index in [-0.39, 0.29) is 23.5 Å². The van der Waals surface area contributed by atoms with Gasteiger partial charge in [0.1, 0.15) is 0 Å². The van der Waals surface area contributed by atoms with Gasteiger partial charge in [0, 0.05) is 6.54 Å². The van der Waals surface area contributed by atoms with E-state index in [0.717, 1.165) is 24.9 Å². The molecule has 1 heterocycles. The summed E-state index contributed by atoms with van der Waals surface area (Å²) in [6.45, 7) is 1.46. The van der Waals surface area contributed by atoms with Crippen molar-refractivity contribution in [2.45, 2.75) is 25.3 Å². The molecule has 4 nitrogen and oxygen atoms in total. The molecule has 1 aromatic rings. The molecule has 1 amide bonds. The van der Waals surface area contributed by atoms with Gasteiger partial charge < -0.3 is 15.4 Å². The first-order chi connectivity index (χ1) is 9.20. The maximum absolute atomic E-state index is 13.2. The first-order valence-electron chi connectivity index (χ1n) is 6.54. The molecule has 0 saturated carbocycles. The zero-order chi connectivity index (χ0) is 13.7. The Balaban J connectivity index is 1.80. The molecular formula is C14H19FN2O2. The number of benzene rings is 1. The Bertz CT molecular complexity index is 445. The van der Waals surface area contributed by atoms with Crippen molar-refractivity contribution in [3.05, 3.63) is 29.6 Å². The van der Waals surface area contributed by atoms with E-state index in [1.54, 1.807) is 12.1 Å². The molecule has 0 aliphatic carbocycles. The summed E-state index contributed by atoms with van der Waals surface area (Å²) in [4.78, 5) is 11.8. The first-order valence-corrected chi connectivity index (χ1v) is 6.54. The standard InChI is InChI=1S/C14H19FN2O2/c1-19-13-9-10(4-5-11(13)15)6-8-17-14(18)12-3-2-7-16-12/h4-5,9,12,16H,2-3,6-8H2,1H3,(H,17,18)/t12-/m1/s1. The van der Waals surface area contributed by atoms with Crippen molar-refractivity contribution < 1.29 is 13.9 Å². The third-order valence-electron chi connectivity index (χ3n) is 3.31. The SMILES string of the molecule is COc1cc(CCNC(=O)[C@H]2CCCN2)ccc1F. The molecule has 1 aromatic carbocycles. The quantitative estimate of drug-likeness (QED) is 0.843. The minimum atomic E-state index is -0.370. The molecule has 1 aliphatic rings. The number of rotatable bonds is 5. The van der Waals surface area contributed by atoms with Gasteiger partial charge in [0.15, 0.2) is 11.6 Å². The summed E-state index contributed by atoms with van der Waals surface area (Å²) in [6, 6.07) is 4.70. The molecule has 1 fully saturated rings. The molecule has 104 valence electrons. The predicted molar refractivity (Wildman–Crippen MR) is 70.7 cm³/mol. The van der Waals surface area contributed by atoms with Gasteiger partial charge in [-0.2, -0.15) is 0 Å². The van der Waals surface area contributed by atoms with Crippen LogP contribution >= 0.6 is 0 Å². The molecule has 0 bridgehead atoms. The van der Waals surface area contributed by atoms with E-state index in [0.29, 0.717) is 13.0 Å². The lowest BCUT2D eigenvalue weighted by Crippen LogP contribution is -2.41. The third-order valence-corrected chi connectivity index (χ3v) is 3.31. The van der Waals surface area contributed by atoms with Crippen molar-refractivity contribution >= 4 is 5.91 Å². The molecule has 2 rings (SSSR count). The lowest BCUT2D eigenvalue weighted by Gasteiger charge is -2.11. The number of carbonyl (C=O) groups excluding carboxylic acids is 1. The van der Waals surface area contributed by atoms with Gasteiger partial charge in [-0.3, -0.25) is 4.79 Å². The Morgan fingerprint density at radius 3 is 3.11 bits per heavy atom. The Kier molecular flexibility index (Phi) is 4.74. The summed E-state index contributed by atoms with van der Waals surface area (Å²) in [7, 11) is 1.44. The summed E-state index contributed by atoms with van der Waals surface area (Å²) < 4.78 is 18.1. The largest absolute Gasteiger partial charge is 0.494 e. The number of nitrogens with one attached hydrogen (secondary N) is 2. The highest BCUT2D eigenvalue weighted by Gasteiger charge is 2.21. The van der Waals surface area contributed by atoms with Crippen LogP contribution in [0.2, 0.25) is 0 Å². The topological polar surface area (TPSA) is 50.4 Å². The zero-order valence-corrected chi connectivity index (χ0v) is 11.0. The van der Waals surface area contributed by atoms with Gasteiger partial charge in [-0.05, 0) is 43.5 Å². The van der Waals surface area contributed by atoms with Gasteiger partial charge in [-0.1, -0.05) is 6.07 Å². The molecule has 5 heteroatoms. The van der Waals surface area contributed by atoms with E-state index >= 15 is 0 Å². The molecular weight excluding hydrogens is 247 g/mol. The second kappa shape index (κ2) is 6.52. The van der Waals surface area contributed by atoms with Gasteiger partial charge in [-0.25, -0.2) is 4.39 Å². The Morgan fingerprint density at radius 1 is 1.58 bits per heavy atom. The molecule has 0 aromatic heterocycles. The van der Waals surface area contributed by atoms with Gasteiger partial charge in [0.05, 0.1) is 13.2 Å². The molecule has 1 atom stereocenters. The molecule has 2 N–H and O–H groups in total. The average molecular weight is 266 g/mol. The second-order valence-corrected chi connectivity index (χ2v) is 4.66. The van der Waals surface area contributed by atoms with E-state index < -0.39 is 0 Å². The van der Waals surface area contributed by atoms with Crippen LogP contribution in [0.3, 0.4) is 0 Å². The van der Waals surface area contributed by atoms with Crippen molar-refractivity contribution in [2.75, 3.05) is 20.2 Å². The number of halogens is 1. The fourth-order valence-electron chi connectivity index (χ4n) is 2.22. The molecule has 19 heavy (non-hydrogen) atoms. The Hall–Kier alpha value is -1.62. The smallest absolute Gasteiger partial charge is 0.237 e. The molecule has 0 radical (unpaired) electrons. The predicted octanol–water partition coefficient (Wildman–Crippen LogP) is 1.24. The van der Waals surface area contributed by atoms with Crippen LogP contribution in [-0.2, 0) is 11.2 Å². The number of ether oxygens (including phenoxy) is 1. The summed E-state index contributed by atoms with van der Waals surface area (Å²) in [5, 5.41) is 6.04. The van der Waals surface area contributed by atoms with Crippen molar-refractivity contribution in [3.63, 3.8) is 0 Å². The Morgan fingerprint density at radius 2 is 2.42 bits per heavy atom. The van der Waals surface area contributed by atoms with Crippen LogP contribution in [0.15, 0.2) is 18.2 Å². The molecule has 0 spiro atoms. The van der Waals surface area contributed by atoms with Crippen LogP contribution in [-0.4, -0.2) is 32.1 Å². The van der Waals surface area contributed by atoms with E-state index in [2.05, 4.69) is 10.6 Å². The summed E-state index contributed by atoms with van der Waals surface area (Å²) in [6.07, 6.45) is 2.61. The fraction of sp³-hybridized carbons (Fsp3) is 0.500. The van der Waals surface area contributed by atoms with E-state index in [4.69, 9.17) is 4.74 Å². The van der Waals surface area contributed by atoms with Crippen LogP contribution in [0, 0.1) is 5.82 Å². The van der Waals surface area contributed by atoms with Crippen LogP contribution in [0.1, 0.15) is 18.4 Å². The van der Waals surface area contributed by atoms with Gasteiger partial charge in [0.25, 0.3) is 0 Å².